The van der Waals surface area contributed by atoms with E-state index in [9.17, 15) is 14.4 Å². The van der Waals surface area contributed by atoms with Gasteiger partial charge in [0.15, 0.2) is 5.78 Å². The quantitative estimate of drug-likeness (QED) is 0.731. The monoisotopic (exact) mass is 276 g/mol. The van der Waals surface area contributed by atoms with E-state index in [0.717, 1.165) is 0 Å². The van der Waals surface area contributed by atoms with E-state index >= 15 is 0 Å². The smallest absolute Gasteiger partial charge is 0.314 e. The summed E-state index contributed by atoms with van der Waals surface area (Å²) >= 11 is 0. The molecular weight excluding hydrogens is 260 g/mol. The summed E-state index contributed by atoms with van der Waals surface area (Å²) in [6, 6.07) is 1.61. The third-order valence-corrected chi connectivity index (χ3v) is 5.21. The molecule has 1 aromatic heterocycles. The van der Waals surface area contributed by atoms with Crippen LogP contribution in [0.15, 0.2) is 16.7 Å². The summed E-state index contributed by atoms with van der Waals surface area (Å²) in [5, 5.41) is 0. The summed E-state index contributed by atoms with van der Waals surface area (Å²) in [5.41, 5.74) is -1.72. The van der Waals surface area contributed by atoms with Crippen LogP contribution in [0.3, 0.4) is 0 Å². The summed E-state index contributed by atoms with van der Waals surface area (Å²) in [4.78, 5) is 37.4. The SMILES string of the molecule is COC(=O)C12Cc3occc3C(=O)C1(C)CC(=O)C2C. The molecule has 5 nitrogen and oxygen atoms in total. The molecule has 0 radical (unpaired) electrons. The van der Waals surface area contributed by atoms with Gasteiger partial charge in [0.05, 0.1) is 29.8 Å². The van der Waals surface area contributed by atoms with Gasteiger partial charge >= 0.3 is 5.97 Å². The molecule has 0 N–H and O–H groups in total. The molecule has 3 rings (SSSR count). The Bertz CT molecular complexity index is 628. The first-order valence-corrected chi connectivity index (χ1v) is 6.61. The predicted octanol–water partition coefficient (Wildman–Crippen LogP) is 1.79. The molecule has 1 fully saturated rings. The molecular formula is C15H16O5. The van der Waals surface area contributed by atoms with Crippen molar-refractivity contribution in [1.29, 1.82) is 0 Å². The number of ketones is 2. The topological polar surface area (TPSA) is 73.6 Å². The predicted molar refractivity (Wildman–Crippen MR) is 68.1 cm³/mol. The van der Waals surface area contributed by atoms with Crippen molar-refractivity contribution in [3.63, 3.8) is 0 Å². The first kappa shape index (κ1) is 13.1. The number of furan rings is 1. The van der Waals surface area contributed by atoms with Crippen LogP contribution >= 0.6 is 0 Å². The minimum absolute atomic E-state index is 0.0728. The first-order valence-electron chi connectivity index (χ1n) is 6.61. The highest BCUT2D eigenvalue weighted by molar-refractivity contribution is 6.11. The molecule has 0 spiro atoms. The van der Waals surface area contributed by atoms with Crippen molar-refractivity contribution in [2.24, 2.45) is 16.7 Å². The van der Waals surface area contributed by atoms with Gasteiger partial charge in [-0.2, -0.15) is 0 Å². The molecule has 1 heterocycles. The Labute approximate surface area is 116 Å². The molecule has 0 saturated heterocycles. The van der Waals surface area contributed by atoms with E-state index in [0.29, 0.717) is 11.3 Å². The number of carbonyl (C=O) groups is 3. The fourth-order valence-electron chi connectivity index (χ4n) is 3.93. The van der Waals surface area contributed by atoms with E-state index < -0.39 is 22.7 Å². The Kier molecular flexibility index (Phi) is 2.49. The van der Waals surface area contributed by atoms with Crippen molar-refractivity contribution in [1.82, 2.24) is 0 Å². The van der Waals surface area contributed by atoms with Crippen LogP contribution in [-0.2, 0) is 20.7 Å². The van der Waals surface area contributed by atoms with Gasteiger partial charge in [-0.25, -0.2) is 0 Å². The third-order valence-electron chi connectivity index (χ3n) is 5.21. The zero-order valence-electron chi connectivity index (χ0n) is 11.7. The van der Waals surface area contributed by atoms with E-state index in [4.69, 9.17) is 9.15 Å². The second-order valence-corrected chi connectivity index (χ2v) is 5.92. The highest BCUT2D eigenvalue weighted by Gasteiger charge is 2.70. The van der Waals surface area contributed by atoms with Crippen molar-refractivity contribution in [2.75, 3.05) is 7.11 Å². The van der Waals surface area contributed by atoms with Crippen molar-refractivity contribution >= 4 is 17.5 Å². The van der Waals surface area contributed by atoms with E-state index in [2.05, 4.69) is 0 Å². The molecule has 0 aliphatic heterocycles. The van der Waals surface area contributed by atoms with Crippen LogP contribution in [0.25, 0.3) is 0 Å². The lowest BCUT2D eigenvalue weighted by atomic mass is 9.55. The van der Waals surface area contributed by atoms with Gasteiger partial charge in [-0.1, -0.05) is 13.8 Å². The van der Waals surface area contributed by atoms with Gasteiger partial charge in [0.25, 0.3) is 0 Å². The van der Waals surface area contributed by atoms with E-state index in [1.54, 1.807) is 19.9 Å². The lowest BCUT2D eigenvalue weighted by molar-refractivity contribution is -0.162. The largest absolute Gasteiger partial charge is 0.469 e. The lowest BCUT2D eigenvalue weighted by Gasteiger charge is -2.44. The molecule has 3 unspecified atom stereocenters. The van der Waals surface area contributed by atoms with Gasteiger partial charge in [-0.3, -0.25) is 14.4 Å². The summed E-state index contributed by atoms with van der Waals surface area (Å²) < 4.78 is 10.3. The number of hydrogen-bond donors (Lipinski definition) is 0. The lowest BCUT2D eigenvalue weighted by Crippen LogP contribution is -2.54. The molecule has 20 heavy (non-hydrogen) atoms. The normalized spacial score (nSPS) is 35.6. The number of ether oxygens (including phenoxy) is 1. The number of fused-ring (bicyclic) bond motifs is 2. The standard InChI is InChI=1S/C15H16O5/c1-8-10(16)6-14(2)12(17)9-4-5-20-11(9)7-15(8,14)13(18)19-3/h4-5,8H,6-7H2,1-3H3. The van der Waals surface area contributed by atoms with Crippen LogP contribution in [-0.4, -0.2) is 24.6 Å². The summed E-state index contributed by atoms with van der Waals surface area (Å²) in [5.74, 6) is -0.859. The zero-order valence-corrected chi connectivity index (χ0v) is 11.7. The molecule has 3 atom stereocenters. The van der Waals surface area contributed by atoms with Crippen molar-refractivity contribution in [3.05, 3.63) is 23.7 Å². The number of methoxy groups -OCH3 is 1. The van der Waals surface area contributed by atoms with Crippen LogP contribution in [0.5, 0.6) is 0 Å². The molecule has 0 aromatic carbocycles. The van der Waals surface area contributed by atoms with Gasteiger partial charge in [0.2, 0.25) is 0 Å². The minimum atomic E-state index is -1.15. The molecule has 0 bridgehead atoms. The molecule has 5 heteroatoms. The van der Waals surface area contributed by atoms with Crippen LogP contribution in [0, 0.1) is 16.7 Å². The Balaban J connectivity index is 2.28. The van der Waals surface area contributed by atoms with Crippen molar-refractivity contribution < 1.29 is 23.5 Å². The Morgan fingerprint density at radius 1 is 1.40 bits per heavy atom. The van der Waals surface area contributed by atoms with E-state index in [1.165, 1.54) is 13.4 Å². The third kappa shape index (κ3) is 1.21. The average Bonchev–Trinajstić information content (AvgIpc) is 2.95. The number of hydrogen-bond acceptors (Lipinski definition) is 5. The maximum absolute atomic E-state index is 12.8. The highest BCUT2D eigenvalue weighted by atomic mass is 16.5. The maximum Gasteiger partial charge on any atom is 0.314 e. The number of Topliss-reactive ketones (excluding diaryl/α,β-unsaturated/α-hetero) is 2. The van der Waals surface area contributed by atoms with E-state index in [-0.39, 0.29) is 24.4 Å². The summed E-state index contributed by atoms with van der Waals surface area (Å²) in [7, 11) is 1.29. The first-order chi connectivity index (χ1) is 9.38. The second-order valence-electron chi connectivity index (χ2n) is 5.92. The number of rotatable bonds is 1. The fourth-order valence-corrected chi connectivity index (χ4v) is 3.93. The molecule has 2 aliphatic rings. The molecule has 1 aromatic rings. The van der Waals surface area contributed by atoms with Crippen LogP contribution in [0.2, 0.25) is 0 Å². The van der Waals surface area contributed by atoms with Crippen molar-refractivity contribution in [3.8, 4) is 0 Å². The maximum atomic E-state index is 12.8. The molecule has 106 valence electrons. The summed E-state index contributed by atoms with van der Waals surface area (Å²) in [6.45, 7) is 3.40. The van der Waals surface area contributed by atoms with Gasteiger partial charge in [-0.05, 0) is 6.07 Å². The van der Waals surface area contributed by atoms with Gasteiger partial charge in [0.1, 0.15) is 11.5 Å². The van der Waals surface area contributed by atoms with Crippen molar-refractivity contribution in [2.45, 2.75) is 26.7 Å². The second kappa shape index (κ2) is 3.81. The fraction of sp³-hybridized carbons (Fsp3) is 0.533. The molecule has 0 amide bonds. The Morgan fingerprint density at radius 2 is 2.10 bits per heavy atom. The minimum Gasteiger partial charge on any atom is -0.469 e. The Hall–Kier alpha value is -1.91. The number of carbonyl (C=O) groups excluding carboxylic acids is 3. The molecule has 1 saturated carbocycles. The zero-order chi connectivity index (χ0) is 14.7. The van der Waals surface area contributed by atoms with Gasteiger partial charge in [-0.15, -0.1) is 0 Å². The van der Waals surface area contributed by atoms with Crippen LogP contribution < -0.4 is 0 Å². The highest BCUT2D eigenvalue weighted by Crippen LogP contribution is 2.61. The van der Waals surface area contributed by atoms with Gasteiger partial charge < -0.3 is 9.15 Å². The average molecular weight is 276 g/mol. The van der Waals surface area contributed by atoms with E-state index in [1.807, 2.05) is 0 Å². The van der Waals surface area contributed by atoms with Crippen LogP contribution in [0.4, 0.5) is 0 Å². The summed E-state index contributed by atoms with van der Waals surface area (Å²) in [6.07, 6.45) is 1.76. The number of esters is 1. The van der Waals surface area contributed by atoms with Crippen LogP contribution in [0.1, 0.15) is 36.4 Å². The van der Waals surface area contributed by atoms with Gasteiger partial charge in [0, 0.05) is 18.8 Å². The Morgan fingerprint density at radius 3 is 2.75 bits per heavy atom. The molecule has 2 aliphatic carbocycles.